The average molecular weight is 395 g/mol. The number of carbonyl (C=O) groups excluding carboxylic acids is 1. The zero-order chi connectivity index (χ0) is 20.5. The Hall–Kier alpha value is -2.84. The summed E-state index contributed by atoms with van der Waals surface area (Å²) in [6, 6.07) is 8.71. The zero-order valence-corrected chi connectivity index (χ0v) is 15.2. The van der Waals surface area contributed by atoms with Crippen molar-refractivity contribution in [2.45, 2.75) is 37.9 Å². The third-order valence-electron chi connectivity index (χ3n) is 5.28. The van der Waals surface area contributed by atoms with E-state index in [2.05, 4.69) is 5.10 Å². The van der Waals surface area contributed by atoms with Crippen molar-refractivity contribution in [3.63, 3.8) is 0 Å². The number of carboxylic acid groups (broad SMARTS) is 1. The lowest BCUT2D eigenvalue weighted by atomic mass is 9.73. The normalized spacial score (nSPS) is 16.8. The van der Waals surface area contributed by atoms with Gasteiger partial charge in [-0.2, -0.15) is 18.3 Å². The molecule has 1 aromatic carbocycles. The van der Waals surface area contributed by atoms with E-state index in [-0.39, 0.29) is 32.5 Å². The molecule has 1 N–H and O–H groups in total. The van der Waals surface area contributed by atoms with Crippen molar-refractivity contribution in [2.24, 2.45) is 0 Å². The van der Waals surface area contributed by atoms with Gasteiger partial charge in [0.1, 0.15) is 0 Å². The predicted molar refractivity (Wildman–Crippen MR) is 93.8 cm³/mol. The van der Waals surface area contributed by atoms with Gasteiger partial charge in [-0.1, -0.05) is 30.3 Å². The Labute approximate surface area is 159 Å². The highest BCUT2D eigenvalue weighted by atomic mass is 19.4. The van der Waals surface area contributed by atoms with E-state index >= 15 is 0 Å². The van der Waals surface area contributed by atoms with Gasteiger partial charge in [-0.25, -0.2) is 0 Å². The fourth-order valence-electron chi connectivity index (χ4n) is 3.73. The number of amides is 1. The minimum Gasteiger partial charge on any atom is -0.481 e. The van der Waals surface area contributed by atoms with E-state index in [4.69, 9.17) is 0 Å². The highest BCUT2D eigenvalue weighted by molar-refractivity contribution is 5.95. The Morgan fingerprint density at radius 2 is 1.79 bits per heavy atom. The molecular weight excluding hydrogens is 375 g/mol. The van der Waals surface area contributed by atoms with Crippen LogP contribution in [0.3, 0.4) is 0 Å². The quantitative estimate of drug-likeness (QED) is 0.863. The summed E-state index contributed by atoms with van der Waals surface area (Å²) in [5.41, 5.74) is -2.10. The van der Waals surface area contributed by atoms with E-state index in [1.165, 1.54) is 11.8 Å². The lowest BCUT2D eigenvalue weighted by Crippen LogP contribution is -2.49. The first-order chi connectivity index (χ1) is 13.2. The van der Waals surface area contributed by atoms with Crippen LogP contribution in [0.25, 0.3) is 0 Å². The molecule has 1 amide bonds. The van der Waals surface area contributed by atoms with Crippen molar-refractivity contribution >= 4 is 11.9 Å². The lowest BCUT2D eigenvalue weighted by molar-refractivity contribution is -0.145. The number of rotatable bonds is 4. The largest absolute Gasteiger partial charge is 0.481 e. The van der Waals surface area contributed by atoms with Crippen LogP contribution < -0.4 is 0 Å². The lowest BCUT2D eigenvalue weighted by Gasteiger charge is -2.39. The van der Waals surface area contributed by atoms with Gasteiger partial charge in [0.15, 0.2) is 5.69 Å². The highest BCUT2D eigenvalue weighted by Gasteiger charge is 2.45. The van der Waals surface area contributed by atoms with Crippen molar-refractivity contribution in [2.75, 3.05) is 13.1 Å². The molecule has 0 unspecified atom stereocenters. The number of aliphatic carboxylic acids is 1. The maximum Gasteiger partial charge on any atom is 0.433 e. The summed E-state index contributed by atoms with van der Waals surface area (Å²) >= 11 is 0. The number of carboxylic acids is 1. The number of halogens is 3. The molecule has 6 nitrogen and oxygen atoms in total. The summed E-state index contributed by atoms with van der Waals surface area (Å²) in [5.74, 6) is -1.78. The molecule has 1 aliphatic heterocycles. The molecule has 2 heterocycles. The molecule has 0 saturated carbocycles. The second-order valence-electron chi connectivity index (χ2n) is 6.77. The molecule has 0 spiro atoms. The number of aromatic nitrogens is 2. The molecule has 0 radical (unpaired) electrons. The number of hydrogen-bond donors (Lipinski definition) is 1. The predicted octanol–water partition coefficient (Wildman–Crippen LogP) is 3.18. The summed E-state index contributed by atoms with van der Waals surface area (Å²) < 4.78 is 40.9. The summed E-state index contributed by atoms with van der Waals surface area (Å²) in [6.07, 6.45) is -3.52. The Kier molecular flexibility index (Phi) is 5.18. The number of hydrogen-bond acceptors (Lipinski definition) is 3. The number of aryl methyl sites for hydroxylation is 1. The Balaban J connectivity index is 1.85. The topological polar surface area (TPSA) is 75.4 Å². The Morgan fingerprint density at radius 1 is 1.18 bits per heavy atom. The number of benzene rings is 1. The first-order valence-corrected chi connectivity index (χ1v) is 8.92. The van der Waals surface area contributed by atoms with E-state index in [0.717, 1.165) is 10.9 Å². The van der Waals surface area contributed by atoms with Gasteiger partial charge in [0.05, 0.1) is 17.2 Å². The first kappa shape index (κ1) is 19.9. The molecule has 0 atom stereocenters. The van der Waals surface area contributed by atoms with Gasteiger partial charge in [0, 0.05) is 19.6 Å². The van der Waals surface area contributed by atoms with Crippen LogP contribution in [0.15, 0.2) is 36.5 Å². The summed E-state index contributed by atoms with van der Waals surface area (Å²) in [7, 11) is 0. The van der Waals surface area contributed by atoms with Gasteiger partial charge in [-0.05, 0) is 25.3 Å². The van der Waals surface area contributed by atoms with Gasteiger partial charge >= 0.3 is 12.1 Å². The van der Waals surface area contributed by atoms with E-state index in [1.54, 1.807) is 30.3 Å². The van der Waals surface area contributed by atoms with Crippen LogP contribution in [0, 0.1) is 0 Å². The molecule has 28 heavy (non-hydrogen) atoms. The minimum atomic E-state index is -4.71. The molecule has 1 aliphatic rings. The van der Waals surface area contributed by atoms with Gasteiger partial charge in [0.25, 0.3) is 5.91 Å². The van der Waals surface area contributed by atoms with Crippen molar-refractivity contribution < 1.29 is 27.9 Å². The molecule has 9 heteroatoms. The number of alkyl halides is 3. The standard InChI is InChI=1S/C19H20F3N3O3/c1-2-25-15(19(20,21)22)14(12-23-25)16(26)24-10-8-18(9-11-24,17(27)28)13-6-4-3-5-7-13/h3-7,12H,2,8-11H2,1H3,(H,27,28). The van der Waals surface area contributed by atoms with E-state index < -0.39 is 34.7 Å². The molecule has 3 rings (SSSR count). The van der Waals surface area contributed by atoms with E-state index in [0.29, 0.717) is 5.56 Å². The Bertz CT molecular complexity index is 870. The highest BCUT2D eigenvalue weighted by Crippen LogP contribution is 2.37. The third-order valence-corrected chi connectivity index (χ3v) is 5.28. The second kappa shape index (κ2) is 7.29. The number of likely N-dealkylation sites (tertiary alicyclic amines) is 1. The van der Waals surface area contributed by atoms with Crippen LogP contribution in [0.4, 0.5) is 13.2 Å². The van der Waals surface area contributed by atoms with E-state index in [9.17, 15) is 27.9 Å². The van der Waals surface area contributed by atoms with Crippen LogP contribution in [0.5, 0.6) is 0 Å². The molecule has 0 bridgehead atoms. The van der Waals surface area contributed by atoms with Crippen LogP contribution in [-0.4, -0.2) is 44.8 Å². The molecule has 1 fully saturated rings. The fraction of sp³-hybridized carbons (Fsp3) is 0.421. The smallest absolute Gasteiger partial charge is 0.433 e. The molecule has 2 aromatic rings. The van der Waals surface area contributed by atoms with Crippen molar-refractivity contribution in [3.8, 4) is 0 Å². The maximum absolute atomic E-state index is 13.4. The zero-order valence-electron chi connectivity index (χ0n) is 15.2. The number of carbonyl (C=O) groups is 2. The average Bonchev–Trinajstić information content (AvgIpc) is 3.13. The third kappa shape index (κ3) is 3.36. The van der Waals surface area contributed by atoms with Gasteiger partial charge in [-0.3, -0.25) is 14.3 Å². The van der Waals surface area contributed by atoms with Crippen molar-refractivity contribution in [3.05, 3.63) is 53.3 Å². The summed E-state index contributed by atoms with van der Waals surface area (Å²) in [5, 5.41) is 13.5. The maximum atomic E-state index is 13.4. The van der Waals surface area contributed by atoms with Crippen LogP contribution in [-0.2, 0) is 22.9 Å². The molecular formula is C19H20F3N3O3. The monoisotopic (exact) mass is 395 g/mol. The number of nitrogens with zero attached hydrogens (tertiary/aromatic N) is 3. The van der Waals surface area contributed by atoms with Gasteiger partial charge in [0.2, 0.25) is 0 Å². The molecule has 0 aliphatic carbocycles. The SMILES string of the molecule is CCn1ncc(C(=O)N2CCC(C(=O)O)(c3ccccc3)CC2)c1C(F)(F)F. The van der Waals surface area contributed by atoms with Crippen LogP contribution in [0.2, 0.25) is 0 Å². The summed E-state index contributed by atoms with van der Waals surface area (Å²) in [4.78, 5) is 26.0. The molecule has 1 aromatic heterocycles. The minimum absolute atomic E-state index is 0.0156. The molecule has 1 saturated heterocycles. The van der Waals surface area contributed by atoms with Crippen LogP contribution >= 0.6 is 0 Å². The van der Waals surface area contributed by atoms with Crippen LogP contribution in [0.1, 0.15) is 41.4 Å². The molecule has 150 valence electrons. The van der Waals surface area contributed by atoms with Gasteiger partial charge < -0.3 is 10.0 Å². The van der Waals surface area contributed by atoms with Crippen molar-refractivity contribution in [1.82, 2.24) is 14.7 Å². The van der Waals surface area contributed by atoms with Gasteiger partial charge in [-0.15, -0.1) is 0 Å². The first-order valence-electron chi connectivity index (χ1n) is 8.92. The Morgan fingerprint density at radius 3 is 2.29 bits per heavy atom. The van der Waals surface area contributed by atoms with E-state index in [1.807, 2.05) is 0 Å². The fourth-order valence-corrected chi connectivity index (χ4v) is 3.73. The van der Waals surface area contributed by atoms with Crippen molar-refractivity contribution in [1.29, 1.82) is 0 Å². The number of piperidine rings is 1. The second-order valence-corrected chi connectivity index (χ2v) is 6.77. The summed E-state index contributed by atoms with van der Waals surface area (Å²) in [6.45, 7) is 1.60.